The lowest BCUT2D eigenvalue weighted by atomic mass is 10.2. The van der Waals surface area contributed by atoms with E-state index in [1.54, 1.807) is 42.5 Å². The highest BCUT2D eigenvalue weighted by atomic mass is 16.5. The Morgan fingerprint density at radius 1 is 1.09 bits per heavy atom. The van der Waals surface area contributed by atoms with Crippen molar-refractivity contribution >= 4 is 11.9 Å². The molecule has 1 N–H and O–H groups in total. The summed E-state index contributed by atoms with van der Waals surface area (Å²) in [5.74, 6) is -0.0175. The fourth-order valence-electron chi connectivity index (χ4n) is 1.93. The van der Waals surface area contributed by atoms with E-state index in [9.17, 15) is 9.59 Å². The normalized spacial score (nSPS) is 9.91. The summed E-state index contributed by atoms with van der Waals surface area (Å²) in [5.41, 5.74) is 1.36. The Hall–Kier alpha value is -2.82. The number of aryl methyl sites for hydroxylation is 1. The molecule has 1 amide bonds. The van der Waals surface area contributed by atoms with Gasteiger partial charge in [0, 0.05) is 0 Å². The number of carbonyl (C=O) groups is 2. The Balaban J connectivity index is 1.92. The van der Waals surface area contributed by atoms with E-state index in [1.807, 2.05) is 13.0 Å². The molecule has 0 aromatic heterocycles. The van der Waals surface area contributed by atoms with Crippen molar-refractivity contribution in [1.82, 2.24) is 5.32 Å². The van der Waals surface area contributed by atoms with Crippen LogP contribution in [0.5, 0.6) is 11.5 Å². The second kappa shape index (κ2) is 7.26. The predicted molar refractivity (Wildman–Crippen MR) is 82.1 cm³/mol. The van der Waals surface area contributed by atoms with Crippen molar-refractivity contribution in [3.8, 4) is 11.5 Å². The van der Waals surface area contributed by atoms with E-state index in [0.29, 0.717) is 17.1 Å². The Kier molecular flexibility index (Phi) is 5.14. The number of benzene rings is 2. The Morgan fingerprint density at radius 3 is 2.59 bits per heavy atom. The van der Waals surface area contributed by atoms with Crippen LogP contribution in [0.1, 0.15) is 15.9 Å². The number of nitrogens with one attached hydrogen (secondary N) is 1. The van der Waals surface area contributed by atoms with E-state index in [4.69, 9.17) is 9.47 Å². The maximum Gasteiger partial charge on any atom is 0.330 e. The third-order valence-electron chi connectivity index (χ3n) is 2.97. The minimum Gasteiger partial charge on any atom is -0.496 e. The van der Waals surface area contributed by atoms with Crippen molar-refractivity contribution in [2.24, 2.45) is 0 Å². The Morgan fingerprint density at radius 2 is 1.86 bits per heavy atom. The first-order valence-electron chi connectivity index (χ1n) is 6.78. The van der Waals surface area contributed by atoms with Gasteiger partial charge in [-0.3, -0.25) is 4.79 Å². The zero-order chi connectivity index (χ0) is 15.9. The summed E-state index contributed by atoms with van der Waals surface area (Å²) < 4.78 is 10.3. The van der Waals surface area contributed by atoms with Crippen LogP contribution in [-0.4, -0.2) is 25.5 Å². The van der Waals surface area contributed by atoms with Crippen molar-refractivity contribution in [3.05, 3.63) is 59.7 Å². The van der Waals surface area contributed by atoms with Crippen LogP contribution < -0.4 is 14.8 Å². The van der Waals surface area contributed by atoms with Gasteiger partial charge in [0.1, 0.15) is 18.0 Å². The number of ether oxygens (including phenoxy) is 2. The molecule has 0 aliphatic rings. The number of rotatable bonds is 5. The molecular weight excluding hydrogens is 282 g/mol. The monoisotopic (exact) mass is 299 g/mol. The molecule has 0 aliphatic carbocycles. The standard InChI is InChI=1S/C17H17NO4/c1-12-6-5-7-13(10-12)22-16(19)11-18-17(20)14-8-3-4-9-15(14)21-2/h3-10H,11H2,1-2H3,(H,18,20). The molecule has 0 heterocycles. The van der Waals surface area contributed by atoms with E-state index in [2.05, 4.69) is 5.32 Å². The van der Waals surface area contributed by atoms with Gasteiger partial charge in [-0.1, -0.05) is 24.3 Å². The molecule has 2 aromatic rings. The highest BCUT2D eigenvalue weighted by Gasteiger charge is 2.13. The minimum atomic E-state index is -0.533. The van der Waals surface area contributed by atoms with Crippen LogP contribution in [0.25, 0.3) is 0 Å². The molecule has 0 bridgehead atoms. The van der Waals surface area contributed by atoms with Crippen molar-refractivity contribution in [2.75, 3.05) is 13.7 Å². The highest BCUT2D eigenvalue weighted by molar-refractivity contribution is 5.98. The molecule has 0 spiro atoms. The molecule has 5 heteroatoms. The molecule has 0 radical (unpaired) electrons. The van der Waals surface area contributed by atoms with Gasteiger partial charge in [-0.05, 0) is 36.8 Å². The molecule has 2 aromatic carbocycles. The van der Waals surface area contributed by atoms with Gasteiger partial charge < -0.3 is 14.8 Å². The molecule has 0 aliphatic heterocycles. The van der Waals surface area contributed by atoms with E-state index in [1.165, 1.54) is 7.11 Å². The Bertz CT molecular complexity index is 682. The smallest absolute Gasteiger partial charge is 0.330 e. The van der Waals surface area contributed by atoms with Crippen LogP contribution in [0.3, 0.4) is 0 Å². The zero-order valence-corrected chi connectivity index (χ0v) is 12.5. The molecule has 2 rings (SSSR count). The van der Waals surface area contributed by atoms with Crippen molar-refractivity contribution in [3.63, 3.8) is 0 Å². The topological polar surface area (TPSA) is 64.6 Å². The fraction of sp³-hybridized carbons (Fsp3) is 0.176. The largest absolute Gasteiger partial charge is 0.496 e. The van der Waals surface area contributed by atoms with E-state index in [-0.39, 0.29) is 6.54 Å². The summed E-state index contributed by atoms with van der Waals surface area (Å²) in [6, 6.07) is 13.9. The van der Waals surface area contributed by atoms with E-state index in [0.717, 1.165) is 5.56 Å². The third kappa shape index (κ3) is 4.09. The quantitative estimate of drug-likeness (QED) is 0.680. The average molecular weight is 299 g/mol. The van der Waals surface area contributed by atoms with Gasteiger partial charge in [-0.15, -0.1) is 0 Å². The SMILES string of the molecule is COc1ccccc1C(=O)NCC(=O)Oc1cccc(C)c1. The van der Waals surface area contributed by atoms with Crippen LogP contribution in [0.2, 0.25) is 0 Å². The lowest BCUT2D eigenvalue weighted by molar-refractivity contribution is -0.133. The van der Waals surface area contributed by atoms with Gasteiger partial charge in [0.05, 0.1) is 12.7 Å². The molecule has 0 saturated carbocycles. The maximum absolute atomic E-state index is 12.0. The highest BCUT2D eigenvalue weighted by Crippen LogP contribution is 2.17. The molecule has 114 valence electrons. The van der Waals surface area contributed by atoms with Crippen molar-refractivity contribution in [2.45, 2.75) is 6.92 Å². The van der Waals surface area contributed by atoms with Gasteiger partial charge >= 0.3 is 5.97 Å². The second-order valence-electron chi connectivity index (χ2n) is 4.67. The predicted octanol–water partition coefficient (Wildman–Crippen LogP) is 2.34. The lowest BCUT2D eigenvalue weighted by Gasteiger charge is -2.09. The minimum absolute atomic E-state index is 0.217. The fourth-order valence-corrected chi connectivity index (χ4v) is 1.93. The van der Waals surface area contributed by atoms with Gasteiger partial charge in [0.25, 0.3) is 5.91 Å². The molecular formula is C17H17NO4. The van der Waals surface area contributed by atoms with Crippen LogP contribution >= 0.6 is 0 Å². The summed E-state index contributed by atoms with van der Waals surface area (Å²) in [4.78, 5) is 23.8. The maximum atomic E-state index is 12.0. The van der Waals surface area contributed by atoms with Gasteiger partial charge in [0.15, 0.2) is 0 Å². The summed E-state index contributed by atoms with van der Waals surface area (Å²) in [7, 11) is 1.48. The number of hydrogen-bond acceptors (Lipinski definition) is 4. The van der Waals surface area contributed by atoms with Crippen LogP contribution in [0.15, 0.2) is 48.5 Å². The average Bonchev–Trinajstić information content (AvgIpc) is 2.52. The zero-order valence-electron chi connectivity index (χ0n) is 12.5. The number of carbonyl (C=O) groups excluding carboxylic acids is 2. The Labute approximate surface area is 128 Å². The van der Waals surface area contributed by atoms with Crippen LogP contribution in [0.4, 0.5) is 0 Å². The second-order valence-corrected chi connectivity index (χ2v) is 4.67. The summed E-state index contributed by atoms with van der Waals surface area (Å²) in [6.07, 6.45) is 0. The van der Waals surface area contributed by atoms with E-state index >= 15 is 0 Å². The molecule has 0 unspecified atom stereocenters. The lowest BCUT2D eigenvalue weighted by Crippen LogP contribution is -2.32. The number of methoxy groups -OCH3 is 1. The van der Waals surface area contributed by atoms with Gasteiger partial charge in [-0.25, -0.2) is 4.79 Å². The van der Waals surface area contributed by atoms with Crippen LogP contribution in [0, 0.1) is 6.92 Å². The first-order chi connectivity index (χ1) is 10.6. The molecule has 5 nitrogen and oxygen atoms in total. The van der Waals surface area contributed by atoms with Crippen LogP contribution in [-0.2, 0) is 4.79 Å². The summed E-state index contributed by atoms with van der Waals surface area (Å²) in [6.45, 7) is 1.69. The molecule has 22 heavy (non-hydrogen) atoms. The van der Waals surface area contributed by atoms with Gasteiger partial charge in [0.2, 0.25) is 0 Å². The summed E-state index contributed by atoms with van der Waals surface area (Å²) in [5, 5.41) is 2.51. The number of amides is 1. The number of para-hydroxylation sites is 1. The van der Waals surface area contributed by atoms with Gasteiger partial charge in [-0.2, -0.15) is 0 Å². The third-order valence-corrected chi connectivity index (χ3v) is 2.97. The number of hydrogen-bond donors (Lipinski definition) is 1. The number of esters is 1. The first-order valence-corrected chi connectivity index (χ1v) is 6.78. The van der Waals surface area contributed by atoms with E-state index < -0.39 is 11.9 Å². The molecule has 0 saturated heterocycles. The van der Waals surface area contributed by atoms with Crippen molar-refractivity contribution in [1.29, 1.82) is 0 Å². The molecule has 0 atom stereocenters. The molecule has 0 fully saturated rings. The first kappa shape index (κ1) is 15.6. The van der Waals surface area contributed by atoms with Crippen molar-refractivity contribution < 1.29 is 19.1 Å². The summed E-state index contributed by atoms with van der Waals surface area (Å²) >= 11 is 0.